The van der Waals surface area contributed by atoms with Crippen molar-refractivity contribution in [1.29, 1.82) is 0 Å². The van der Waals surface area contributed by atoms with Gasteiger partial charge in [-0.3, -0.25) is 4.79 Å². The quantitative estimate of drug-likeness (QED) is 0.674. The van der Waals surface area contributed by atoms with Gasteiger partial charge in [0, 0.05) is 4.75 Å². The molecule has 0 unspecified atom stereocenters. The third-order valence-electron chi connectivity index (χ3n) is 0.878. The van der Waals surface area contributed by atoms with Crippen LogP contribution in [-0.4, -0.2) is 21.1 Å². The highest BCUT2D eigenvalue weighted by atomic mass is 32.2. The van der Waals surface area contributed by atoms with Crippen molar-refractivity contribution >= 4 is 17.7 Å². The van der Waals surface area contributed by atoms with Gasteiger partial charge in [-0.05, 0) is 6.92 Å². The number of carbonyl (C=O) groups is 1. The fraction of sp³-hybridized carbons (Fsp3) is 0.857. The minimum absolute atomic E-state index is 0.0395. The van der Waals surface area contributed by atoms with Crippen molar-refractivity contribution in [3.8, 4) is 0 Å². The standard InChI is InChI=1S/C7H14O2S/c1-5(6(8)9)10-7(2,3)4/h5H,1-4H3,(H,8,9)/t5-/m1/s1. The maximum absolute atomic E-state index is 10.4. The molecular weight excluding hydrogens is 148 g/mol. The van der Waals surface area contributed by atoms with Crippen LogP contribution >= 0.6 is 11.8 Å². The van der Waals surface area contributed by atoms with Crippen molar-refractivity contribution in [2.75, 3.05) is 0 Å². The highest BCUT2D eigenvalue weighted by Crippen LogP contribution is 2.27. The van der Waals surface area contributed by atoms with E-state index < -0.39 is 5.97 Å². The van der Waals surface area contributed by atoms with E-state index in [1.807, 2.05) is 20.8 Å². The maximum atomic E-state index is 10.4. The molecule has 1 atom stereocenters. The first-order chi connectivity index (χ1) is 4.33. The molecule has 10 heavy (non-hydrogen) atoms. The second-order valence-electron chi connectivity index (χ2n) is 3.21. The van der Waals surface area contributed by atoms with Gasteiger partial charge in [0.05, 0.1) is 5.25 Å². The van der Waals surface area contributed by atoms with Crippen LogP contribution in [0.4, 0.5) is 0 Å². The third kappa shape index (κ3) is 4.68. The Morgan fingerprint density at radius 3 is 2.00 bits per heavy atom. The number of rotatable bonds is 2. The Bertz CT molecular complexity index is 126. The lowest BCUT2D eigenvalue weighted by molar-refractivity contribution is -0.136. The molecule has 0 aliphatic heterocycles. The fourth-order valence-electron chi connectivity index (χ4n) is 0.581. The number of thioether (sulfide) groups is 1. The first kappa shape index (κ1) is 9.82. The van der Waals surface area contributed by atoms with E-state index in [0.717, 1.165) is 0 Å². The Labute approximate surface area is 66.0 Å². The van der Waals surface area contributed by atoms with Gasteiger partial charge >= 0.3 is 5.97 Å². The number of aliphatic carboxylic acids is 1. The Balaban J connectivity index is 3.80. The molecule has 0 saturated carbocycles. The first-order valence-corrected chi connectivity index (χ1v) is 4.11. The molecule has 0 aromatic carbocycles. The lowest BCUT2D eigenvalue weighted by Gasteiger charge is -2.19. The molecule has 0 amide bonds. The first-order valence-electron chi connectivity index (χ1n) is 3.23. The van der Waals surface area contributed by atoms with Crippen molar-refractivity contribution in [1.82, 2.24) is 0 Å². The molecule has 0 fully saturated rings. The van der Waals surface area contributed by atoms with Gasteiger partial charge in [0.2, 0.25) is 0 Å². The zero-order valence-electron chi connectivity index (χ0n) is 6.84. The van der Waals surface area contributed by atoms with E-state index in [0.29, 0.717) is 0 Å². The average molecular weight is 162 g/mol. The van der Waals surface area contributed by atoms with E-state index in [1.54, 1.807) is 6.92 Å². The fourth-order valence-corrected chi connectivity index (χ4v) is 1.74. The van der Waals surface area contributed by atoms with Crippen LogP contribution in [0.3, 0.4) is 0 Å². The zero-order valence-corrected chi connectivity index (χ0v) is 7.66. The van der Waals surface area contributed by atoms with Gasteiger partial charge in [-0.2, -0.15) is 0 Å². The predicted molar refractivity (Wildman–Crippen MR) is 44.4 cm³/mol. The molecule has 60 valence electrons. The molecule has 3 heteroatoms. The van der Waals surface area contributed by atoms with E-state index in [1.165, 1.54) is 11.8 Å². The van der Waals surface area contributed by atoms with E-state index >= 15 is 0 Å². The number of carboxylic acid groups (broad SMARTS) is 1. The normalized spacial score (nSPS) is 14.8. The molecule has 0 bridgehead atoms. The monoisotopic (exact) mass is 162 g/mol. The summed E-state index contributed by atoms with van der Waals surface area (Å²) in [6.07, 6.45) is 0. The lowest BCUT2D eigenvalue weighted by Crippen LogP contribution is -2.20. The van der Waals surface area contributed by atoms with Gasteiger partial charge < -0.3 is 5.11 Å². The molecule has 2 nitrogen and oxygen atoms in total. The summed E-state index contributed by atoms with van der Waals surface area (Å²) in [4.78, 5) is 10.4. The molecule has 0 radical (unpaired) electrons. The molecule has 1 N–H and O–H groups in total. The summed E-state index contributed by atoms with van der Waals surface area (Å²) in [5.74, 6) is -0.736. The Morgan fingerprint density at radius 1 is 1.50 bits per heavy atom. The summed E-state index contributed by atoms with van der Waals surface area (Å²) in [7, 11) is 0. The molecule has 0 aromatic heterocycles. The van der Waals surface area contributed by atoms with Gasteiger partial charge in [0.25, 0.3) is 0 Å². The summed E-state index contributed by atoms with van der Waals surface area (Å²) >= 11 is 1.47. The van der Waals surface area contributed by atoms with E-state index in [9.17, 15) is 4.79 Å². The van der Waals surface area contributed by atoms with Crippen molar-refractivity contribution in [2.45, 2.75) is 37.7 Å². The van der Waals surface area contributed by atoms with Crippen molar-refractivity contribution in [2.24, 2.45) is 0 Å². The highest BCUT2D eigenvalue weighted by Gasteiger charge is 2.20. The van der Waals surface area contributed by atoms with Crippen LogP contribution in [0, 0.1) is 0 Å². The van der Waals surface area contributed by atoms with E-state index in [4.69, 9.17) is 5.11 Å². The molecule has 0 saturated heterocycles. The summed E-state index contributed by atoms with van der Waals surface area (Å²) in [6.45, 7) is 7.74. The number of hydrogen-bond acceptors (Lipinski definition) is 2. The minimum Gasteiger partial charge on any atom is -0.480 e. The number of hydrogen-bond donors (Lipinski definition) is 1. The van der Waals surface area contributed by atoms with Crippen LogP contribution < -0.4 is 0 Å². The van der Waals surface area contributed by atoms with Crippen LogP contribution in [-0.2, 0) is 4.79 Å². The summed E-state index contributed by atoms with van der Waals surface area (Å²) < 4.78 is 0.0395. The van der Waals surface area contributed by atoms with Gasteiger partial charge in [0.1, 0.15) is 0 Å². The molecule has 0 heterocycles. The minimum atomic E-state index is -0.736. The van der Waals surface area contributed by atoms with Crippen molar-refractivity contribution in [3.63, 3.8) is 0 Å². The highest BCUT2D eigenvalue weighted by molar-refractivity contribution is 8.01. The Morgan fingerprint density at radius 2 is 1.90 bits per heavy atom. The van der Waals surface area contributed by atoms with Crippen LogP contribution in [0.15, 0.2) is 0 Å². The van der Waals surface area contributed by atoms with Gasteiger partial charge in [0.15, 0.2) is 0 Å². The van der Waals surface area contributed by atoms with Crippen LogP contribution in [0.5, 0.6) is 0 Å². The van der Waals surface area contributed by atoms with Gasteiger partial charge in [-0.15, -0.1) is 11.8 Å². The van der Waals surface area contributed by atoms with Crippen LogP contribution in [0.2, 0.25) is 0 Å². The molecule has 0 rings (SSSR count). The SMILES string of the molecule is C[C@@H](SC(C)(C)C)C(=O)O. The molecule has 0 aliphatic carbocycles. The zero-order chi connectivity index (χ0) is 8.36. The van der Waals surface area contributed by atoms with Crippen LogP contribution in [0.25, 0.3) is 0 Å². The molecular formula is C7H14O2S. The largest absolute Gasteiger partial charge is 0.480 e. The topological polar surface area (TPSA) is 37.3 Å². The second-order valence-corrected chi connectivity index (χ2v) is 5.38. The van der Waals surface area contributed by atoms with Crippen LogP contribution in [0.1, 0.15) is 27.7 Å². The Hall–Kier alpha value is -0.180. The molecule has 0 spiro atoms. The Kier molecular flexibility index (Phi) is 3.22. The van der Waals surface area contributed by atoms with Gasteiger partial charge in [-0.25, -0.2) is 0 Å². The van der Waals surface area contributed by atoms with Gasteiger partial charge in [-0.1, -0.05) is 20.8 Å². The molecule has 0 aliphatic rings. The molecule has 0 aromatic rings. The van der Waals surface area contributed by atoms with E-state index in [2.05, 4.69) is 0 Å². The van der Waals surface area contributed by atoms with E-state index in [-0.39, 0.29) is 10.00 Å². The predicted octanol–water partition coefficient (Wildman–Crippen LogP) is 1.99. The van der Waals surface area contributed by atoms with Crippen molar-refractivity contribution < 1.29 is 9.90 Å². The maximum Gasteiger partial charge on any atom is 0.316 e. The third-order valence-corrected chi connectivity index (χ3v) is 2.14. The summed E-state index contributed by atoms with van der Waals surface area (Å²) in [6, 6.07) is 0. The van der Waals surface area contributed by atoms with Crippen molar-refractivity contribution in [3.05, 3.63) is 0 Å². The second kappa shape index (κ2) is 3.28. The lowest BCUT2D eigenvalue weighted by atomic mass is 10.3. The number of carboxylic acids is 1. The summed E-state index contributed by atoms with van der Waals surface area (Å²) in [5, 5.41) is 8.22. The smallest absolute Gasteiger partial charge is 0.316 e. The average Bonchev–Trinajstić information content (AvgIpc) is 1.60. The summed E-state index contributed by atoms with van der Waals surface area (Å²) in [5.41, 5.74) is 0.